The third kappa shape index (κ3) is 5.14. The molecule has 1 aromatic heterocycles. The van der Waals surface area contributed by atoms with Crippen molar-refractivity contribution in [1.29, 1.82) is 0 Å². The molecule has 0 fully saturated rings. The molecule has 1 unspecified atom stereocenters. The van der Waals surface area contributed by atoms with Gasteiger partial charge in [0, 0.05) is 11.4 Å². The average molecular weight is 304 g/mol. The number of para-hydroxylation sites is 1. The van der Waals surface area contributed by atoms with Gasteiger partial charge in [0.1, 0.15) is 5.75 Å². The Hall–Kier alpha value is -1.39. The van der Waals surface area contributed by atoms with Gasteiger partial charge in [-0.1, -0.05) is 32.0 Å². The molecule has 0 saturated carbocycles. The van der Waals surface area contributed by atoms with Crippen molar-refractivity contribution in [1.82, 2.24) is 10.3 Å². The molecule has 2 aromatic rings. The van der Waals surface area contributed by atoms with Gasteiger partial charge >= 0.3 is 0 Å². The molecule has 4 heteroatoms. The molecule has 0 bridgehead atoms. The van der Waals surface area contributed by atoms with E-state index in [0.717, 1.165) is 25.1 Å². The van der Waals surface area contributed by atoms with E-state index in [4.69, 9.17) is 4.74 Å². The van der Waals surface area contributed by atoms with Crippen LogP contribution in [0.2, 0.25) is 0 Å². The summed E-state index contributed by atoms with van der Waals surface area (Å²) in [6, 6.07) is 8.78. The lowest BCUT2D eigenvalue weighted by molar-refractivity contribution is 0.396. The molecule has 0 spiro atoms. The molecule has 0 radical (unpaired) electrons. The molecule has 0 saturated heterocycles. The molecule has 0 amide bonds. The first-order valence-electron chi connectivity index (χ1n) is 7.41. The van der Waals surface area contributed by atoms with Crippen LogP contribution in [0, 0.1) is 5.92 Å². The Morgan fingerprint density at radius 2 is 2.05 bits per heavy atom. The molecule has 0 aliphatic heterocycles. The van der Waals surface area contributed by atoms with E-state index in [2.05, 4.69) is 41.7 Å². The number of nitrogens with one attached hydrogen (secondary N) is 1. The van der Waals surface area contributed by atoms with E-state index in [1.165, 1.54) is 11.3 Å². The fourth-order valence-corrected chi connectivity index (χ4v) is 3.01. The number of benzene rings is 1. The predicted molar refractivity (Wildman–Crippen MR) is 89.1 cm³/mol. The van der Waals surface area contributed by atoms with Crippen LogP contribution < -0.4 is 10.1 Å². The van der Waals surface area contributed by atoms with Gasteiger partial charge in [0.2, 0.25) is 0 Å². The van der Waals surface area contributed by atoms with E-state index in [-0.39, 0.29) is 0 Å². The number of hydrogen-bond donors (Lipinski definition) is 1. The van der Waals surface area contributed by atoms with Gasteiger partial charge in [-0.15, -0.1) is 11.3 Å². The first-order valence-corrected chi connectivity index (χ1v) is 8.35. The van der Waals surface area contributed by atoms with E-state index in [1.54, 1.807) is 18.4 Å². The maximum atomic E-state index is 5.47. The number of hydrogen-bond acceptors (Lipinski definition) is 4. The Morgan fingerprint density at radius 1 is 1.24 bits per heavy atom. The Kier molecular flexibility index (Phi) is 6.21. The zero-order valence-electron chi connectivity index (χ0n) is 13.0. The molecule has 0 aliphatic carbocycles. The zero-order valence-corrected chi connectivity index (χ0v) is 13.8. The summed E-state index contributed by atoms with van der Waals surface area (Å²) in [6.07, 6.45) is 2.00. The number of nitrogens with zero attached hydrogens (tertiary/aromatic N) is 1. The molecule has 114 valence electrons. The van der Waals surface area contributed by atoms with Crippen molar-refractivity contribution in [3.05, 3.63) is 46.4 Å². The second-order valence-electron chi connectivity index (χ2n) is 5.63. The first kappa shape index (κ1) is 16.0. The summed E-state index contributed by atoms with van der Waals surface area (Å²) in [5.41, 5.74) is 4.36. The van der Waals surface area contributed by atoms with Gasteiger partial charge in [-0.3, -0.25) is 0 Å². The van der Waals surface area contributed by atoms with E-state index >= 15 is 0 Å². The Morgan fingerprint density at radius 3 is 2.71 bits per heavy atom. The van der Waals surface area contributed by atoms with Crippen LogP contribution in [0.15, 0.2) is 35.2 Å². The molecular formula is C17H24N2OS. The second-order valence-corrected chi connectivity index (χ2v) is 6.35. The van der Waals surface area contributed by atoms with Gasteiger partial charge in [-0.05, 0) is 36.9 Å². The quantitative estimate of drug-likeness (QED) is 0.810. The molecule has 1 N–H and O–H groups in total. The highest BCUT2D eigenvalue weighted by molar-refractivity contribution is 7.07. The molecule has 21 heavy (non-hydrogen) atoms. The summed E-state index contributed by atoms with van der Waals surface area (Å²) < 4.78 is 5.47. The minimum absolute atomic E-state index is 0.501. The van der Waals surface area contributed by atoms with Crippen LogP contribution in [0.4, 0.5) is 0 Å². The van der Waals surface area contributed by atoms with Crippen molar-refractivity contribution in [2.24, 2.45) is 5.92 Å². The number of ether oxygens (including phenoxy) is 1. The van der Waals surface area contributed by atoms with Gasteiger partial charge in [0.25, 0.3) is 0 Å². The third-order valence-corrected chi connectivity index (χ3v) is 4.13. The highest BCUT2D eigenvalue weighted by Crippen LogP contribution is 2.22. The maximum absolute atomic E-state index is 5.47. The monoisotopic (exact) mass is 304 g/mol. The lowest BCUT2D eigenvalue weighted by atomic mass is 9.94. The van der Waals surface area contributed by atoms with Gasteiger partial charge in [0.05, 0.1) is 18.3 Å². The summed E-state index contributed by atoms with van der Waals surface area (Å²) in [5, 5.41) is 5.69. The Labute approximate surface area is 131 Å². The van der Waals surface area contributed by atoms with Crippen LogP contribution in [0.5, 0.6) is 5.75 Å². The fourth-order valence-electron chi connectivity index (χ4n) is 2.44. The molecular weight excluding hydrogens is 280 g/mol. The van der Waals surface area contributed by atoms with Crippen molar-refractivity contribution in [2.45, 2.75) is 32.7 Å². The SMILES string of the molecule is COc1ccccc1CC(CNC(C)C)Cc1cscn1. The largest absolute Gasteiger partial charge is 0.496 e. The first-order chi connectivity index (χ1) is 10.2. The van der Waals surface area contributed by atoms with Gasteiger partial charge in [-0.25, -0.2) is 4.98 Å². The van der Waals surface area contributed by atoms with Crippen LogP contribution in [0.3, 0.4) is 0 Å². The van der Waals surface area contributed by atoms with Crippen molar-refractivity contribution in [2.75, 3.05) is 13.7 Å². The van der Waals surface area contributed by atoms with Crippen molar-refractivity contribution in [3.63, 3.8) is 0 Å². The van der Waals surface area contributed by atoms with Crippen LogP contribution in [0.25, 0.3) is 0 Å². The van der Waals surface area contributed by atoms with E-state index < -0.39 is 0 Å². The summed E-state index contributed by atoms with van der Waals surface area (Å²) in [4.78, 5) is 4.43. The topological polar surface area (TPSA) is 34.1 Å². The molecule has 1 aromatic carbocycles. The molecule has 2 rings (SSSR count). The van der Waals surface area contributed by atoms with Gasteiger partial charge in [-0.2, -0.15) is 0 Å². The molecule has 3 nitrogen and oxygen atoms in total. The summed E-state index contributed by atoms with van der Waals surface area (Å²) in [6.45, 7) is 5.36. The molecule has 0 aliphatic rings. The van der Waals surface area contributed by atoms with Crippen molar-refractivity contribution >= 4 is 11.3 Å². The number of rotatable bonds is 8. The smallest absolute Gasteiger partial charge is 0.122 e. The predicted octanol–water partition coefficient (Wildman–Crippen LogP) is 3.55. The van der Waals surface area contributed by atoms with Crippen LogP contribution >= 0.6 is 11.3 Å². The maximum Gasteiger partial charge on any atom is 0.122 e. The average Bonchev–Trinajstić information content (AvgIpc) is 2.98. The lowest BCUT2D eigenvalue weighted by Gasteiger charge is -2.20. The van der Waals surface area contributed by atoms with E-state index in [9.17, 15) is 0 Å². The fraction of sp³-hybridized carbons (Fsp3) is 0.471. The van der Waals surface area contributed by atoms with E-state index in [1.807, 2.05) is 17.6 Å². The van der Waals surface area contributed by atoms with E-state index in [0.29, 0.717) is 12.0 Å². The van der Waals surface area contributed by atoms with Crippen molar-refractivity contribution < 1.29 is 4.74 Å². The Bertz CT molecular complexity index is 525. The van der Waals surface area contributed by atoms with Crippen LogP contribution in [0.1, 0.15) is 25.1 Å². The van der Waals surface area contributed by atoms with Crippen molar-refractivity contribution in [3.8, 4) is 5.75 Å². The van der Waals surface area contributed by atoms with Crippen LogP contribution in [-0.2, 0) is 12.8 Å². The number of aromatic nitrogens is 1. The zero-order chi connectivity index (χ0) is 15.1. The summed E-state index contributed by atoms with van der Waals surface area (Å²) in [7, 11) is 1.74. The minimum atomic E-state index is 0.501. The van der Waals surface area contributed by atoms with Crippen LogP contribution in [-0.4, -0.2) is 24.7 Å². The number of thiazole rings is 1. The summed E-state index contributed by atoms with van der Waals surface area (Å²) in [5.74, 6) is 1.50. The normalized spacial score (nSPS) is 12.6. The third-order valence-electron chi connectivity index (χ3n) is 3.50. The second kappa shape index (κ2) is 8.15. The lowest BCUT2D eigenvalue weighted by Crippen LogP contribution is -2.31. The highest BCUT2D eigenvalue weighted by Gasteiger charge is 2.15. The highest BCUT2D eigenvalue weighted by atomic mass is 32.1. The minimum Gasteiger partial charge on any atom is -0.496 e. The number of methoxy groups -OCH3 is 1. The van der Waals surface area contributed by atoms with Gasteiger partial charge < -0.3 is 10.1 Å². The Balaban J connectivity index is 2.07. The van der Waals surface area contributed by atoms with Gasteiger partial charge in [0.15, 0.2) is 0 Å². The molecule has 1 atom stereocenters. The standard InChI is InChI=1S/C17H24N2OS/c1-13(2)18-10-14(9-16-11-21-12-19-16)8-15-6-4-5-7-17(15)20-3/h4-7,11-14,18H,8-10H2,1-3H3. The molecule has 1 heterocycles. The summed E-state index contributed by atoms with van der Waals surface area (Å²) >= 11 is 1.66.